The van der Waals surface area contributed by atoms with Gasteiger partial charge in [-0.15, -0.1) is 0 Å². The van der Waals surface area contributed by atoms with Crippen LogP contribution in [0.5, 0.6) is 0 Å². The molecule has 1 fully saturated rings. The molecule has 1 aliphatic heterocycles. The fourth-order valence-corrected chi connectivity index (χ4v) is 3.12. The first-order valence-electron chi connectivity index (χ1n) is 8.18. The molecule has 0 spiro atoms. The number of hydrogen-bond acceptors (Lipinski definition) is 6. The smallest absolute Gasteiger partial charge is 0.230 e. The molecule has 1 aliphatic rings. The van der Waals surface area contributed by atoms with E-state index < -0.39 is 0 Å². The van der Waals surface area contributed by atoms with Gasteiger partial charge in [0.25, 0.3) is 0 Å². The van der Waals surface area contributed by atoms with Gasteiger partial charge < -0.3 is 20.1 Å². The summed E-state index contributed by atoms with van der Waals surface area (Å²) in [6.07, 6.45) is 5.75. The van der Waals surface area contributed by atoms with Gasteiger partial charge in [0.15, 0.2) is 0 Å². The second-order valence-electron chi connectivity index (χ2n) is 6.12. The van der Waals surface area contributed by atoms with Crippen molar-refractivity contribution >= 4 is 28.5 Å². The normalized spacial score (nSPS) is 15.0. The van der Waals surface area contributed by atoms with Crippen molar-refractivity contribution in [2.24, 2.45) is 7.05 Å². The van der Waals surface area contributed by atoms with Crippen LogP contribution in [0.1, 0.15) is 5.56 Å². The first kappa shape index (κ1) is 14.9. The molecule has 0 amide bonds. The lowest BCUT2D eigenvalue weighted by Gasteiger charge is -2.29. The number of hydrogen-bond donors (Lipinski definition) is 2. The van der Waals surface area contributed by atoms with E-state index in [1.54, 1.807) is 0 Å². The van der Waals surface area contributed by atoms with Gasteiger partial charge in [-0.2, -0.15) is 4.98 Å². The van der Waals surface area contributed by atoms with Crippen molar-refractivity contribution in [3.05, 3.63) is 36.3 Å². The highest BCUT2D eigenvalue weighted by Gasteiger charge is 2.12. The lowest BCUT2D eigenvalue weighted by molar-refractivity contribution is 0.589. The van der Waals surface area contributed by atoms with Gasteiger partial charge in [0.2, 0.25) is 5.95 Å². The topological polar surface area (TPSA) is 70.9 Å². The van der Waals surface area contributed by atoms with E-state index in [0.29, 0.717) is 5.95 Å². The van der Waals surface area contributed by atoms with Gasteiger partial charge in [0.05, 0.1) is 0 Å². The molecular weight excluding hydrogens is 302 g/mol. The van der Waals surface area contributed by atoms with Gasteiger partial charge in [-0.05, 0) is 18.6 Å². The highest BCUT2D eigenvalue weighted by molar-refractivity contribution is 5.80. The van der Waals surface area contributed by atoms with Crippen molar-refractivity contribution in [1.29, 1.82) is 0 Å². The second-order valence-corrected chi connectivity index (χ2v) is 6.12. The van der Waals surface area contributed by atoms with Crippen LogP contribution in [0, 0.1) is 6.92 Å². The molecule has 1 saturated heterocycles. The molecule has 0 bridgehead atoms. The molecule has 4 rings (SSSR count). The Morgan fingerprint density at radius 3 is 2.88 bits per heavy atom. The van der Waals surface area contributed by atoms with E-state index in [4.69, 9.17) is 0 Å². The zero-order valence-electron chi connectivity index (χ0n) is 14.0. The van der Waals surface area contributed by atoms with Gasteiger partial charge >= 0.3 is 0 Å². The average molecular weight is 323 g/mol. The lowest BCUT2D eigenvalue weighted by Crippen LogP contribution is -2.43. The van der Waals surface area contributed by atoms with Gasteiger partial charge in [0.1, 0.15) is 11.5 Å². The van der Waals surface area contributed by atoms with E-state index in [-0.39, 0.29) is 0 Å². The number of aromatic nitrogens is 4. The molecule has 7 heteroatoms. The molecule has 4 heterocycles. The van der Waals surface area contributed by atoms with Crippen LogP contribution in [-0.4, -0.2) is 45.7 Å². The van der Waals surface area contributed by atoms with Crippen LogP contribution in [0.3, 0.4) is 0 Å². The number of rotatable bonds is 3. The Morgan fingerprint density at radius 2 is 2.04 bits per heavy atom. The van der Waals surface area contributed by atoms with E-state index in [1.807, 2.05) is 30.1 Å². The summed E-state index contributed by atoms with van der Waals surface area (Å²) in [5.74, 6) is 1.32. The van der Waals surface area contributed by atoms with Crippen LogP contribution in [0.2, 0.25) is 0 Å². The maximum atomic E-state index is 4.61. The maximum Gasteiger partial charge on any atom is 0.230 e. The average Bonchev–Trinajstić information content (AvgIpc) is 2.90. The molecule has 24 heavy (non-hydrogen) atoms. The molecular formula is C17H21N7. The number of fused-ring (bicyclic) bond motifs is 1. The third-order valence-corrected chi connectivity index (χ3v) is 4.38. The number of nitrogens with one attached hydrogen (secondary N) is 2. The fourth-order valence-electron chi connectivity index (χ4n) is 3.12. The minimum absolute atomic E-state index is 0.564. The SMILES string of the molecule is Cc1cn(C)c2nc(Nc3cc(N4CCNCC4)ccn3)ncc12. The molecule has 0 saturated carbocycles. The molecule has 3 aromatic heterocycles. The van der Waals surface area contributed by atoms with Crippen LogP contribution in [-0.2, 0) is 7.05 Å². The zero-order valence-corrected chi connectivity index (χ0v) is 14.0. The summed E-state index contributed by atoms with van der Waals surface area (Å²) in [5, 5.41) is 7.67. The van der Waals surface area contributed by atoms with Crippen LogP contribution in [0.4, 0.5) is 17.5 Å². The maximum absolute atomic E-state index is 4.61. The summed E-state index contributed by atoms with van der Waals surface area (Å²) in [6.45, 7) is 6.11. The van der Waals surface area contributed by atoms with Crippen molar-refractivity contribution < 1.29 is 0 Å². The van der Waals surface area contributed by atoms with Crippen LogP contribution >= 0.6 is 0 Å². The molecule has 0 unspecified atom stereocenters. The predicted octanol–water partition coefficient (Wildman–Crippen LogP) is 1.82. The number of aryl methyl sites for hydroxylation is 2. The predicted molar refractivity (Wildman–Crippen MR) is 95.8 cm³/mol. The molecule has 0 aliphatic carbocycles. The number of anilines is 3. The summed E-state index contributed by atoms with van der Waals surface area (Å²) in [7, 11) is 2.00. The largest absolute Gasteiger partial charge is 0.369 e. The van der Waals surface area contributed by atoms with E-state index in [0.717, 1.165) is 43.0 Å². The third kappa shape index (κ3) is 2.78. The molecule has 7 nitrogen and oxygen atoms in total. The Kier molecular flexibility index (Phi) is 3.78. The van der Waals surface area contributed by atoms with E-state index in [1.165, 1.54) is 11.3 Å². The monoisotopic (exact) mass is 323 g/mol. The molecule has 0 atom stereocenters. The standard InChI is InChI=1S/C17H21N7/c1-12-11-23(2)16-14(12)10-20-17(22-16)21-15-9-13(3-4-19-15)24-7-5-18-6-8-24/h3-4,9-11,18H,5-8H2,1-2H3,(H,19,20,21,22). The van der Waals surface area contributed by atoms with Crippen LogP contribution in [0.25, 0.3) is 11.0 Å². The van der Waals surface area contributed by atoms with Crippen molar-refractivity contribution in [1.82, 2.24) is 24.8 Å². The van der Waals surface area contributed by atoms with Crippen molar-refractivity contribution in [3.8, 4) is 0 Å². The summed E-state index contributed by atoms with van der Waals surface area (Å²) >= 11 is 0. The Balaban J connectivity index is 1.59. The van der Waals surface area contributed by atoms with Gasteiger partial charge in [-0.1, -0.05) is 0 Å². The lowest BCUT2D eigenvalue weighted by atomic mass is 10.3. The Morgan fingerprint density at radius 1 is 1.21 bits per heavy atom. The molecule has 124 valence electrons. The molecule has 0 radical (unpaired) electrons. The van der Waals surface area contributed by atoms with Crippen molar-refractivity contribution in [2.45, 2.75) is 6.92 Å². The van der Waals surface area contributed by atoms with Crippen molar-refractivity contribution in [3.63, 3.8) is 0 Å². The summed E-state index contributed by atoms with van der Waals surface area (Å²) in [4.78, 5) is 15.8. The second kappa shape index (κ2) is 6.09. The Labute approximate surface area is 140 Å². The van der Waals surface area contributed by atoms with Gasteiger partial charge in [-0.25, -0.2) is 9.97 Å². The number of nitrogens with zero attached hydrogens (tertiary/aromatic N) is 5. The molecule has 0 aromatic carbocycles. The summed E-state index contributed by atoms with van der Waals surface area (Å²) < 4.78 is 2.02. The third-order valence-electron chi connectivity index (χ3n) is 4.38. The first-order chi connectivity index (χ1) is 11.7. The van der Waals surface area contributed by atoms with Gasteiger partial charge in [0, 0.05) is 69.0 Å². The van der Waals surface area contributed by atoms with E-state index >= 15 is 0 Å². The number of piperazine rings is 1. The summed E-state index contributed by atoms with van der Waals surface area (Å²) in [5.41, 5.74) is 3.27. The highest BCUT2D eigenvalue weighted by atomic mass is 15.2. The summed E-state index contributed by atoms with van der Waals surface area (Å²) in [6, 6.07) is 4.09. The minimum Gasteiger partial charge on any atom is -0.369 e. The van der Waals surface area contributed by atoms with Crippen LogP contribution in [0.15, 0.2) is 30.7 Å². The van der Waals surface area contributed by atoms with Gasteiger partial charge in [-0.3, -0.25) is 0 Å². The fraction of sp³-hybridized carbons (Fsp3) is 0.353. The van der Waals surface area contributed by atoms with Crippen molar-refractivity contribution in [2.75, 3.05) is 36.4 Å². The number of pyridine rings is 1. The Bertz CT molecular complexity index is 865. The minimum atomic E-state index is 0.564. The quantitative estimate of drug-likeness (QED) is 0.766. The molecule has 3 aromatic rings. The molecule has 2 N–H and O–H groups in total. The first-order valence-corrected chi connectivity index (χ1v) is 8.18. The Hall–Kier alpha value is -2.67. The van der Waals surface area contributed by atoms with E-state index in [9.17, 15) is 0 Å². The highest BCUT2D eigenvalue weighted by Crippen LogP contribution is 2.22. The zero-order chi connectivity index (χ0) is 16.5. The van der Waals surface area contributed by atoms with Crippen LogP contribution < -0.4 is 15.5 Å². The van der Waals surface area contributed by atoms with E-state index in [2.05, 4.69) is 49.7 Å².